The number of imidazole rings is 2. The minimum atomic E-state index is -1.90. The van der Waals surface area contributed by atoms with E-state index in [9.17, 15) is 68.1 Å². The van der Waals surface area contributed by atoms with Crippen molar-refractivity contribution in [3.05, 3.63) is 66.3 Å². The van der Waals surface area contributed by atoms with Crippen LogP contribution in [0.5, 0.6) is 5.75 Å². The second kappa shape index (κ2) is 38.2. The van der Waals surface area contributed by atoms with Gasteiger partial charge in [0.05, 0.1) is 31.8 Å². The lowest BCUT2D eigenvalue weighted by Crippen LogP contribution is -2.63. The van der Waals surface area contributed by atoms with E-state index < -0.39 is 150 Å². The third kappa shape index (κ3) is 26.2. The van der Waals surface area contributed by atoms with E-state index in [0.717, 1.165) is 6.92 Å². The number of benzene rings is 1. The van der Waals surface area contributed by atoms with Gasteiger partial charge in [0, 0.05) is 55.5 Å². The number of unbranched alkanes of at least 4 members (excludes halogenated alkanes) is 1. The Balaban J connectivity index is 1.87. The van der Waals surface area contributed by atoms with Gasteiger partial charge >= 0.3 is 0 Å². The number of H-pyrrole nitrogens is 2. The molecule has 24 N–H and O–H groups in total. The van der Waals surface area contributed by atoms with E-state index in [-0.39, 0.29) is 69.2 Å². The first kappa shape index (κ1) is 75.0. The molecule has 0 saturated carbocycles. The fourth-order valence-corrected chi connectivity index (χ4v) is 9.09. The van der Waals surface area contributed by atoms with Crippen LogP contribution >= 0.6 is 0 Å². The molecule has 0 fully saturated rings. The van der Waals surface area contributed by atoms with E-state index in [1.165, 1.54) is 49.3 Å². The summed E-state index contributed by atoms with van der Waals surface area (Å²) in [5, 5.41) is 54.0. The molecule has 0 aliphatic heterocycles. The molecule has 0 saturated heterocycles. The zero-order valence-corrected chi connectivity index (χ0v) is 51.6. The van der Waals surface area contributed by atoms with Crippen LogP contribution in [0.25, 0.3) is 0 Å². The van der Waals surface area contributed by atoms with Crippen molar-refractivity contribution >= 4 is 70.9 Å². The Morgan fingerprint density at radius 3 is 1.56 bits per heavy atom. The van der Waals surface area contributed by atoms with Gasteiger partial charge in [-0.3, -0.25) is 57.7 Å². The van der Waals surface area contributed by atoms with Crippen LogP contribution in [0.15, 0.2) is 54.3 Å². The summed E-state index contributed by atoms with van der Waals surface area (Å²) in [6.07, 6.45) is 4.02. The number of amides is 11. The highest BCUT2D eigenvalue weighted by atomic mass is 16.3. The van der Waals surface area contributed by atoms with Crippen LogP contribution in [0.3, 0.4) is 0 Å². The van der Waals surface area contributed by atoms with Crippen LogP contribution in [0.2, 0.25) is 0 Å². The molecule has 2 aromatic heterocycles. The topological polar surface area (TPSA) is 557 Å². The van der Waals surface area contributed by atoms with Gasteiger partial charge in [0.15, 0.2) is 5.96 Å². The highest BCUT2D eigenvalue weighted by molar-refractivity contribution is 5.99. The number of carbonyl (C=O) groups excluding carboxylic acids is 11. The Kier molecular flexibility index (Phi) is 31.9. The zero-order chi connectivity index (χ0) is 67.2. The third-order valence-corrected chi connectivity index (χ3v) is 14.4. The van der Waals surface area contributed by atoms with E-state index in [2.05, 4.69) is 72.8 Å². The summed E-state index contributed by atoms with van der Waals surface area (Å²) in [5.41, 5.74) is 29.0. The molecule has 3 rings (SSSR count). The van der Waals surface area contributed by atoms with Crippen molar-refractivity contribution in [3.8, 4) is 5.75 Å². The Hall–Kier alpha value is -9.24. The Labute approximate surface area is 521 Å². The average molecular weight is 1270 g/mol. The molecule has 0 aliphatic rings. The van der Waals surface area contributed by atoms with Gasteiger partial charge in [-0.25, -0.2) is 9.97 Å². The number of guanidine groups is 1. The molecule has 498 valence electrons. The van der Waals surface area contributed by atoms with Crippen LogP contribution in [0, 0.1) is 17.8 Å². The van der Waals surface area contributed by atoms with Crippen LogP contribution in [0.1, 0.15) is 110 Å². The van der Waals surface area contributed by atoms with Crippen molar-refractivity contribution in [3.63, 3.8) is 0 Å². The highest BCUT2D eigenvalue weighted by Gasteiger charge is 2.38. The number of nitrogens with two attached hydrogens (primary N) is 5. The average Bonchev–Trinajstić information content (AvgIpc) is 1.40. The summed E-state index contributed by atoms with van der Waals surface area (Å²) in [4.78, 5) is 169. The van der Waals surface area contributed by atoms with Crippen molar-refractivity contribution in [2.24, 2.45) is 51.4 Å². The molecule has 12 atom stereocenters. The highest BCUT2D eigenvalue weighted by Crippen LogP contribution is 2.16. The summed E-state index contributed by atoms with van der Waals surface area (Å²) in [6, 6.07) is -8.31. The van der Waals surface area contributed by atoms with Crippen molar-refractivity contribution in [2.75, 3.05) is 19.7 Å². The maximum absolute atomic E-state index is 14.4. The minimum Gasteiger partial charge on any atom is -0.508 e. The standard InChI is InChI=1S/C57H91N19O14/c1-7-30(4)45(55(89)69-38(47(60)81)21-34-24-63-27-66-34)75-53(87)40(20-33-13-15-36(79)16-14-33)71-52(86)42(23-44(59)80)73-49(83)37(12-8-9-17-58)68-56(90)46(32(6)78)76-54(88)43(26-77)74-51(85)41(22-35-25-64-28-67-35)72-50(84)39(19-29(2)3)70-48(82)31(5)11-10-18-65-57(61)62/h13-16,24-25,27-32,37-43,45-46,77-79H,7-12,17-23,26,58H2,1-6H3,(H2,59,80)(H2,60,81)(H,63,66)(H,64,67)(H,68,90)(H,69,89)(H,70,82)(H,71,86)(H,72,84)(H,73,83)(H,74,85)(H,75,87)(H,76,88)(H4,61,62,65)/t30-,31-,32+,37-,38-,39-,40-,41-,42-,43-,45-,46-/m0/s1. The number of hydrogen-bond donors (Lipinski definition) is 19. The lowest BCUT2D eigenvalue weighted by atomic mass is 9.96. The number of phenols is 1. The number of rotatable bonds is 41. The molecular formula is C57H91N19O14. The molecule has 33 heteroatoms. The van der Waals surface area contributed by atoms with Gasteiger partial charge < -0.3 is 102 Å². The molecule has 90 heavy (non-hydrogen) atoms. The van der Waals surface area contributed by atoms with E-state index in [4.69, 9.17) is 28.7 Å². The van der Waals surface area contributed by atoms with Crippen molar-refractivity contribution < 1.29 is 68.1 Å². The number of aromatic hydroxyl groups is 1. The summed E-state index contributed by atoms with van der Waals surface area (Å²) in [6.45, 7) is 9.17. The summed E-state index contributed by atoms with van der Waals surface area (Å²) >= 11 is 0. The monoisotopic (exact) mass is 1270 g/mol. The molecule has 33 nitrogen and oxygen atoms in total. The van der Waals surface area contributed by atoms with Crippen molar-refractivity contribution in [1.82, 2.24) is 67.8 Å². The normalized spacial score (nSPS) is 15.2. The lowest BCUT2D eigenvalue weighted by molar-refractivity contribution is -0.138. The van der Waals surface area contributed by atoms with Crippen molar-refractivity contribution in [1.29, 1.82) is 0 Å². The molecule has 3 aromatic rings. The Bertz CT molecular complexity index is 2850. The first-order valence-corrected chi connectivity index (χ1v) is 29.6. The number of primary amides is 2. The van der Waals surface area contributed by atoms with E-state index in [0.29, 0.717) is 42.6 Å². The maximum Gasteiger partial charge on any atom is 0.245 e. The smallest absolute Gasteiger partial charge is 0.245 e. The molecule has 0 unspecified atom stereocenters. The number of carbonyl (C=O) groups is 11. The van der Waals surface area contributed by atoms with Crippen LogP contribution in [-0.2, 0) is 72.0 Å². The number of aliphatic hydroxyl groups is 2. The minimum absolute atomic E-state index is 0.0617. The molecule has 0 aliphatic carbocycles. The number of aliphatic hydroxyl groups excluding tert-OH is 2. The fraction of sp³-hybridized carbons (Fsp3) is 0.579. The number of aromatic amines is 2. The number of nitrogens with zero attached hydrogens (tertiary/aromatic N) is 3. The maximum atomic E-state index is 14.4. The number of nitrogens with one attached hydrogen (secondary N) is 11. The number of hydrogen-bond acceptors (Lipinski definition) is 18. The van der Waals surface area contributed by atoms with Gasteiger partial charge in [0.1, 0.15) is 60.1 Å². The lowest BCUT2D eigenvalue weighted by Gasteiger charge is -2.29. The summed E-state index contributed by atoms with van der Waals surface area (Å²) < 4.78 is 0. The molecule has 2 heterocycles. The third-order valence-electron chi connectivity index (χ3n) is 14.4. The number of aliphatic imine (C=N–C) groups is 1. The molecule has 1 aromatic carbocycles. The largest absolute Gasteiger partial charge is 0.508 e. The van der Waals surface area contributed by atoms with Gasteiger partial charge in [-0.05, 0) is 81.5 Å². The second-order valence-corrected chi connectivity index (χ2v) is 22.5. The second-order valence-electron chi connectivity index (χ2n) is 22.5. The first-order chi connectivity index (χ1) is 42.6. The molecule has 0 spiro atoms. The van der Waals surface area contributed by atoms with E-state index in [1.807, 2.05) is 13.8 Å². The van der Waals surface area contributed by atoms with Gasteiger partial charge in [-0.15, -0.1) is 0 Å². The first-order valence-electron chi connectivity index (χ1n) is 29.6. The van der Waals surface area contributed by atoms with Crippen LogP contribution in [0.4, 0.5) is 0 Å². The predicted octanol–water partition coefficient (Wildman–Crippen LogP) is -5.13. The fourth-order valence-electron chi connectivity index (χ4n) is 9.09. The van der Waals surface area contributed by atoms with Crippen LogP contribution < -0.4 is 76.5 Å². The van der Waals surface area contributed by atoms with Gasteiger partial charge in [-0.1, -0.05) is 53.2 Å². The van der Waals surface area contributed by atoms with Crippen LogP contribution in [-0.4, -0.2) is 186 Å². The zero-order valence-electron chi connectivity index (χ0n) is 51.6. The van der Waals surface area contributed by atoms with Gasteiger partial charge in [0.2, 0.25) is 65.0 Å². The van der Waals surface area contributed by atoms with E-state index >= 15 is 0 Å². The molecular weight excluding hydrogens is 1170 g/mol. The summed E-state index contributed by atoms with van der Waals surface area (Å²) in [5.74, 6) is -12.0. The molecule has 11 amide bonds. The SMILES string of the molecule is CC[C@H](C)[C@H](NC(=O)[C@H](Cc1ccc(O)cc1)NC(=O)[C@H](CC(N)=O)NC(=O)[C@H](CCCCN)NC(=O)[C@@H](NC(=O)[C@H](CO)NC(=O)[C@H](Cc1cnc[nH]1)NC(=O)[C@H](CC(C)C)NC(=O)[C@@H](C)CCCN=C(N)N)[C@@H](C)O)C(=O)N[C@@H](Cc1cnc[nH]1)C(N)=O. The molecule has 0 radical (unpaired) electrons. The van der Waals surface area contributed by atoms with Gasteiger partial charge in [-0.2, -0.15) is 0 Å². The van der Waals surface area contributed by atoms with Crippen molar-refractivity contribution in [2.45, 2.75) is 173 Å². The summed E-state index contributed by atoms with van der Waals surface area (Å²) in [7, 11) is 0. The van der Waals surface area contributed by atoms with Gasteiger partial charge in [0.25, 0.3) is 0 Å². The number of aromatic nitrogens is 4. The van der Waals surface area contributed by atoms with E-state index in [1.54, 1.807) is 20.8 Å². The quantitative estimate of drug-likeness (QED) is 0.0144. The Morgan fingerprint density at radius 1 is 0.556 bits per heavy atom. The molecule has 0 bridgehead atoms. The number of phenolic OH excluding ortho intramolecular Hbond substituents is 1. The Morgan fingerprint density at radius 2 is 1.03 bits per heavy atom. The predicted molar refractivity (Wildman–Crippen MR) is 326 cm³/mol.